The Morgan fingerprint density at radius 2 is 1.81 bits per heavy atom. The molecule has 0 aliphatic heterocycles. The number of carbonyl (C=O) groups excluding carboxylic acids is 1. The number of benzene rings is 2. The van der Waals surface area contributed by atoms with Crippen LogP contribution in [-0.4, -0.2) is 18.0 Å². The van der Waals surface area contributed by atoms with Crippen LogP contribution in [0.3, 0.4) is 0 Å². The van der Waals surface area contributed by atoms with Crippen molar-refractivity contribution in [3.8, 4) is 11.1 Å². The Hall–Kier alpha value is -2.62. The molecule has 31 heavy (non-hydrogen) atoms. The van der Waals surface area contributed by atoms with Crippen molar-refractivity contribution in [3.63, 3.8) is 0 Å². The van der Waals surface area contributed by atoms with Crippen LogP contribution in [-0.2, 0) is 4.79 Å². The fourth-order valence-corrected chi connectivity index (χ4v) is 4.30. The first-order valence-corrected chi connectivity index (χ1v) is 11.5. The van der Waals surface area contributed by atoms with Crippen molar-refractivity contribution in [2.75, 3.05) is 5.32 Å². The maximum atomic E-state index is 14.9. The SMILES string of the molecule is CCC(=Cc1cc(C)c(-c2ccc(NC(C)C)cc2F)cc1C)C(=O)NC1CCCC1. The Labute approximate surface area is 186 Å². The van der Waals surface area contributed by atoms with Gasteiger partial charge in [0.15, 0.2) is 0 Å². The number of rotatable bonds is 7. The minimum absolute atomic E-state index is 0.0369. The molecule has 0 radical (unpaired) electrons. The Morgan fingerprint density at radius 3 is 2.42 bits per heavy atom. The van der Waals surface area contributed by atoms with Crippen LogP contribution >= 0.6 is 0 Å². The molecule has 166 valence electrons. The zero-order chi connectivity index (χ0) is 22.5. The van der Waals surface area contributed by atoms with Crippen molar-refractivity contribution in [2.45, 2.75) is 78.8 Å². The van der Waals surface area contributed by atoms with Gasteiger partial charge in [-0.2, -0.15) is 0 Å². The summed E-state index contributed by atoms with van der Waals surface area (Å²) in [6, 6.07) is 9.95. The quantitative estimate of drug-likeness (QED) is 0.483. The van der Waals surface area contributed by atoms with Crippen molar-refractivity contribution in [2.24, 2.45) is 0 Å². The van der Waals surface area contributed by atoms with E-state index in [1.807, 2.05) is 58.9 Å². The van der Waals surface area contributed by atoms with Gasteiger partial charge in [0.05, 0.1) is 0 Å². The number of nitrogens with one attached hydrogen (secondary N) is 2. The van der Waals surface area contributed by atoms with Gasteiger partial charge >= 0.3 is 0 Å². The number of amides is 1. The molecule has 0 aromatic heterocycles. The molecule has 4 heteroatoms. The molecule has 1 fully saturated rings. The first-order valence-electron chi connectivity index (χ1n) is 11.5. The zero-order valence-corrected chi connectivity index (χ0v) is 19.4. The molecule has 0 spiro atoms. The number of hydrogen-bond donors (Lipinski definition) is 2. The summed E-state index contributed by atoms with van der Waals surface area (Å²) < 4.78 is 14.9. The van der Waals surface area contributed by atoms with E-state index in [1.165, 1.54) is 12.8 Å². The second kappa shape index (κ2) is 10.1. The van der Waals surface area contributed by atoms with Crippen molar-refractivity contribution in [3.05, 3.63) is 58.4 Å². The van der Waals surface area contributed by atoms with Crippen molar-refractivity contribution >= 4 is 17.7 Å². The van der Waals surface area contributed by atoms with Gasteiger partial charge in [-0.15, -0.1) is 0 Å². The predicted octanol–water partition coefficient (Wildman–Crippen LogP) is 6.78. The molecule has 1 saturated carbocycles. The zero-order valence-electron chi connectivity index (χ0n) is 19.4. The van der Waals surface area contributed by atoms with E-state index in [1.54, 1.807) is 6.07 Å². The minimum atomic E-state index is -0.235. The van der Waals surface area contributed by atoms with Crippen LogP contribution in [0.4, 0.5) is 10.1 Å². The number of hydrogen-bond acceptors (Lipinski definition) is 2. The van der Waals surface area contributed by atoms with Gasteiger partial charge in [-0.3, -0.25) is 4.79 Å². The summed E-state index contributed by atoms with van der Waals surface area (Å²) in [4.78, 5) is 12.7. The summed E-state index contributed by atoms with van der Waals surface area (Å²) in [5.74, 6) is -0.198. The van der Waals surface area contributed by atoms with Crippen LogP contribution in [0, 0.1) is 19.7 Å². The Bertz CT molecular complexity index is 971. The molecule has 1 amide bonds. The first kappa shape index (κ1) is 23.1. The summed E-state index contributed by atoms with van der Waals surface area (Å²) in [6.45, 7) is 10.1. The van der Waals surface area contributed by atoms with Crippen LogP contribution in [0.15, 0.2) is 35.9 Å². The third-order valence-electron chi connectivity index (χ3n) is 6.02. The highest BCUT2D eigenvalue weighted by Gasteiger charge is 2.19. The fourth-order valence-electron chi connectivity index (χ4n) is 4.30. The lowest BCUT2D eigenvalue weighted by atomic mass is 9.93. The third-order valence-corrected chi connectivity index (χ3v) is 6.02. The summed E-state index contributed by atoms with van der Waals surface area (Å²) in [5.41, 5.74) is 6.09. The normalized spacial score (nSPS) is 14.9. The van der Waals surface area contributed by atoms with Gasteiger partial charge in [-0.1, -0.05) is 31.9 Å². The molecular formula is C27H35FN2O. The van der Waals surface area contributed by atoms with Gasteiger partial charge in [0, 0.05) is 28.9 Å². The smallest absolute Gasteiger partial charge is 0.247 e. The molecular weight excluding hydrogens is 387 g/mol. The standard InChI is InChI=1S/C27H35FN2O/c1-6-20(27(31)30-22-9-7-8-10-22)15-21-13-19(5)25(14-18(21)4)24-12-11-23(16-26(24)28)29-17(2)3/h11-17,22,29H,6-10H2,1-5H3,(H,30,31). The van der Waals surface area contributed by atoms with Crippen molar-refractivity contribution in [1.29, 1.82) is 0 Å². The average molecular weight is 423 g/mol. The van der Waals surface area contributed by atoms with E-state index in [0.29, 0.717) is 18.0 Å². The molecule has 2 aromatic rings. The summed E-state index contributed by atoms with van der Waals surface area (Å²) in [6.07, 6.45) is 7.21. The number of halogens is 1. The van der Waals surface area contributed by atoms with E-state index in [0.717, 1.165) is 46.4 Å². The monoisotopic (exact) mass is 422 g/mol. The van der Waals surface area contributed by atoms with Crippen molar-refractivity contribution in [1.82, 2.24) is 5.32 Å². The Kier molecular flexibility index (Phi) is 7.53. The summed E-state index contributed by atoms with van der Waals surface area (Å²) >= 11 is 0. The van der Waals surface area contributed by atoms with Gasteiger partial charge in [0.25, 0.3) is 0 Å². The van der Waals surface area contributed by atoms with Crippen LogP contribution in [0.1, 0.15) is 69.6 Å². The number of carbonyl (C=O) groups is 1. The maximum Gasteiger partial charge on any atom is 0.247 e. The van der Waals surface area contributed by atoms with E-state index in [9.17, 15) is 9.18 Å². The van der Waals surface area contributed by atoms with Gasteiger partial charge in [-0.25, -0.2) is 4.39 Å². The summed E-state index contributed by atoms with van der Waals surface area (Å²) in [7, 11) is 0. The van der Waals surface area contributed by atoms with E-state index >= 15 is 0 Å². The molecule has 0 unspecified atom stereocenters. The molecule has 0 bridgehead atoms. The summed E-state index contributed by atoms with van der Waals surface area (Å²) in [5, 5.41) is 6.42. The first-order chi connectivity index (χ1) is 14.8. The fraction of sp³-hybridized carbons (Fsp3) is 0.444. The van der Waals surface area contributed by atoms with Gasteiger partial charge in [0.1, 0.15) is 5.82 Å². The maximum absolute atomic E-state index is 14.9. The molecule has 0 atom stereocenters. The van der Waals surface area contributed by atoms with Crippen molar-refractivity contribution < 1.29 is 9.18 Å². The topological polar surface area (TPSA) is 41.1 Å². The highest BCUT2D eigenvalue weighted by atomic mass is 19.1. The van der Waals surface area contributed by atoms with E-state index in [-0.39, 0.29) is 17.8 Å². The number of anilines is 1. The highest BCUT2D eigenvalue weighted by molar-refractivity contribution is 5.98. The number of aryl methyl sites for hydroxylation is 2. The predicted molar refractivity (Wildman–Crippen MR) is 129 cm³/mol. The molecule has 1 aliphatic carbocycles. The second-order valence-corrected chi connectivity index (χ2v) is 9.00. The Balaban J connectivity index is 1.87. The third kappa shape index (κ3) is 5.75. The molecule has 0 saturated heterocycles. The highest BCUT2D eigenvalue weighted by Crippen LogP contribution is 2.31. The largest absolute Gasteiger partial charge is 0.383 e. The minimum Gasteiger partial charge on any atom is -0.383 e. The molecule has 2 N–H and O–H groups in total. The van der Waals surface area contributed by atoms with E-state index < -0.39 is 0 Å². The van der Waals surface area contributed by atoms with E-state index in [2.05, 4.69) is 16.7 Å². The average Bonchev–Trinajstić information content (AvgIpc) is 3.21. The van der Waals surface area contributed by atoms with Gasteiger partial charge in [0.2, 0.25) is 5.91 Å². The molecule has 1 aliphatic rings. The second-order valence-electron chi connectivity index (χ2n) is 9.00. The molecule has 0 heterocycles. The lowest BCUT2D eigenvalue weighted by molar-refractivity contribution is -0.118. The van der Waals surface area contributed by atoms with E-state index in [4.69, 9.17) is 0 Å². The van der Waals surface area contributed by atoms with Crippen LogP contribution in [0.2, 0.25) is 0 Å². The van der Waals surface area contributed by atoms with Crippen LogP contribution in [0.5, 0.6) is 0 Å². The lowest BCUT2D eigenvalue weighted by Crippen LogP contribution is -2.33. The van der Waals surface area contributed by atoms with Gasteiger partial charge in [-0.05, 0) is 93.5 Å². The molecule has 2 aromatic carbocycles. The molecule has 3 nitrogen and oxygen atoms in total. The molecule has 3 rings (SSSR count). The van der Waals surface area contributed by atoms with Gasteiger partial charge < -0.3 is 10.6 Å². The lowest BCUT2D eigenvalue weighted by Gasteiger charge is -2.16. The van der Waals surface area contributed by atoms with Crippen LogP contribution < -0.4 is 10.6 Å². The van der Waals surface area contributed by atoms with Crippen LogP contribution in [0.25, 0.3) is 17.2 Å². The Morgan fingerprint density at radius 1 is 1.10 bits per heavy atom.